The fraction of sp³-hybridized carbons (Fsp3) is 0.400. The number of benzene rings is 2. The lowest BCUT2D eigenvalue weighted by molar-refractivity contribution is -0.145. The van der Waals surface area contributed by atoms with Crippen molar-refractivity contribution in [3.05, 3.63) is 65.7 Å². The summed E-state index contributed by atoms with van der Waals surface area (Å²) in [7, 11) is 0. The van der Waals surface area contributed by atoms with E-state index in [4.69, 9.17) is 20.4 Å². The van der Waals surface area contributed by atoms with Crippen LogP contribution in [0.4, 0.5) is 10.5 Å². The number of carbonyl (C=O) groups excluding carboxylic acids is 2. The number of nitrogens with two attached hydrogens (primary N) is 1. The number of amides is 1. The third-order valence-electron chi connectivity index (χ3n) is 6.26. The fourth-order valence-corrected chi connectivity index (χ4v) is 4.24. The Hall–Kier alpha value is -3.63. The Bertz CT molecular complexity index is 1020. The molecule has 0 aliphatic carbocycles. The van der Waals surface area contributed by atoms with Gasteiger partial charge < -0.3 is 25.3 Å². The second kappa shape index (κ2) is 11.7. The summed E-state index contributed by atoms with van der Waals surface area (Å²) in [5.74, 6) is -0.171. The van der Waals surface area contributed by atoms with E-state index < -0.39 is 0 Å². The SMILES string of the molecule is N/C(=N\O)c1ccc(N2C[C@@H](CN3CCN(CCC(=O)OCc4ccccc4)CC3)OC2=O)cc1. The summed E-state index contributed by atoms with van der Waals surface area (Å²) in [6.45, 7) is 5.52. The van der Waals surface area contributed by atoms with Crippen LogP contribution in [0.2, 0.25) is 0 Å². The van der Waals surface area contributed by atoms with E-state index in [1.165, 1.54) is 0 Å². The number of anilines is 1. The predicted octanol–water partition coefficient (Wildman–Crippen LogP) is 1.86. The van der Waals surface area contributed by atoms with E-state index in [-0.39, 0.29) is 24.0 Å². The molecule has 2 fully saturated rings. The molecule has 3 N–H and O–H groups in total. The van der Waals surface area contributed by atoms with E-state index in [2.05, 4.69) is 15.0 Å². The first-order valence-electron chi connectivity index (χ1n) is 11.7. The van der Waals surface area contributed by atoms with Crippen molar-refractivity contribution < 1.29 is 24.3 Å². The van der Waals surface area contributed by atoms with Crippen LogP contribution in [0.1, 0.15) is 17.5 Å². The zero-order valence-electron chi connectivity index (χ0n) is 19.6. The first-order chi connectivity index (χ1) is 17.0. The summed E-state index contributed by atoms with van der Waals surface area (Å²) in [4.78, 5) is 30.6. The summed E-state index contributed by atoms with van der Waals surface area (Å²) in [6.07, 6.45) is -0.221. The Morgan fingerprint density at radius 3 is 2.43 bits per heavy atom. The van der Waals surface area contributed by atoms with Crippen molar-refractivity contribution >= 4 is 23.6 Å². The van der Waals surface area contributed by atoms with Crippen LogP contribution in [-0.4, -0.2) is 84.8 Å². The van der Waals surface area contributed by atoms with E-state index in [9.17, 15) is 9.59 Å². The molecule has 2 aromatic rings. The van der Waals surface area contributed by atoms with Crippen LogP contribution < -0.4 is 10.6 Å². The fourth-order valence-electron chi connectivity index (χ4n) is 4.24. The first kappa shape index (κ1) is 24.5. The molecule has 10 nitrogen and oxygen atoms in total. The number of piperazine rings is 1. The van der Waals surface area contributed by atoms with Gasteiger partial charge in [0.05, 0.1) is 13.0 Å². The predicted molar refractivity (Wildman–Crippen MR) is 130 cm³/mol. The van der Waals surface area contributed by atoms with Crippen molar-refractivity contribution in [3.8, 4) is 0 Å². The molecule has 186 valence electrons. The quantitative estimate of drug-likeness (QED) is 0.183. The van der Waals surface area contributed by atoms with Gasteiger partial charge in [-0.2, -0.15) is 0 Å². The van der Waals surface area contributed by atoms with Crippen LogP contribution in [0, 0.1) is 0 Å². The molecule has 0 radical (unpaired) electrons. The Morgan fingerprint density at radius 1 is 1.06 bits per heavy atom. The minimum Gasteiger partial charge on any atom is -0.461 e. The minimum atomic E-state index is -0.376. The largest absolute Gasteiger partial charge is 0.461 e. The molecule has 4 rings (SSSR count). The Kier molecular flexibility index (Phi) is 8.17. The van der Waals surface area contributed by atoms with Crippen LogP contribution >= 0.6 is 0 Å². The van der Waals surface area contributed by atoms with Crippen LogP contribution in [0.3, 0.4) is 0 Å². The molecule has 35 heavy (non-hydrogen) atoms. The zero-order chi connectivity index (χ0) is 24.6. The van der Waals surface area contributed by atoms with Gasteiger partial charge in [0.1, 0.15) is 12.7 Å². The molecule has 0 aromatic heterocycles. The molecule has 2 heterocycles. The van der Waals surface area contributed by atoms with Crippen LogP contribution in [0.25, 0.3) is 0 Å². The highest BCUT2D eigenvalue weighted by molar-refractivity contribution is 5.98. The average Bonchev–Trinajstić information content (AvgIpc) is 3.26. The number of rotatable bonds is 9. The summed E-state index contributed by atoms with van der Waals surface area (Å²) < 4.78 is 10.9. The van der Waals surface area contributed by atoms with Crippen molar-refractivity contribution in [2.45, 2.75) is 19.1 Å². The maximum absolute atomic E-state index is 12.4. The van der Waals surface area contributed by atoms with Gasteiger partial charge in [-0.25, -0.2) is 4.79 Å². The third kappa shape index (κ3) is 6.71. The van der Waals surface area contributed by atoms with Crippen molar-refractivity contribution in [2.24, 2.45) is 10.9 Å². The number of hydrogen-bond donors (Lipinski definition) is 2. The summed E-state index contributed by atoms with van der Waals surface area (Å²) in [5, 5.41) is 11.8. The molecule has 2 saturated heterocycles. The molecular formula is C25H31N5O5. The maximum Gasteiger partial charge on any atom is 0.414 e. The standard InChI is InChI=1S/C25H31N5O5/c26-24(27-33)20-6-8-21(9-7-20)30-17-22(35-25(30)32)16-29-14-12-28(13-15-29)11-10-23(31)34-18-19-4-2-1-3-5-19/h1-9,22,33H,10-18H2,(H2,26,27)/t22-/m1/s1. The monoisotopic (exact) mass is 481 g/mol. The van der Waals surface area contributed by atoms with Gasteiger partial charge in [-0.3, -0.25) is 14.6 Å². The van der Waals surface area contributed by atoms with Gasteiger partial charge in [0.15, 0.2) is 5.84 Å². The molecule has 0 saturated carbocycles. The lowest BCUT2D eigenvalue weighted by Crippen LogP contribution is -2.49. The first-order valence-corrected chi connectivity index (χ1v) is 11.7. The molecule has 1 amide bonds. The molecule has 2 aromatic carbocycles. The van der Waals surface area contributed by atoms with E-state index >= 15 is 0 Å². The normalized spacial score (nSPS) is 19.5. The van der Waals surface area contributed by atoms with Crippen LogP contribution in [0.15, 0.2) is 59.8 Å². The Balaban J connectivity index is 1.16. The molecule has 10 heteroatoms. The van der Waals surface area contributed by atoms with Gasteiger partial charge in [-0.1, -0.05) is 35.5 Å². The van der Waals surface area contributed by atoms with Crippen molar-refractivity contribution in [1.29, 1.82) is 0 Å². The number of hydrogen-bond acceptors (Lipinski definition) is 8. The number of nitrogens with zero attached hydrogens (tertiary/aromatic N) is 4. The molecule has 2 aliphatic rings. The average molecular weight is 482 g/mol. The van der Waals surface area contributed by atoms with Gasteiger partial charge in [-0.15, -0.1) is 0 Å². The highest BCUT2D eigenvalue weighted by atomic mass is 16.6. The molecular weight excluding hydrogens is 450 g/mol. The highest BCUT2D eigenvalue weighted by Crippen LogP contribution is 2.23. The van der Waals surface area contributed by atoms with Crippen molar-refractivity contribution in [3.63, 3.8) is 0 Å². The highest BCUT2D eigenvalue weighted by Gasteiger charge is 2.34. The summed E-state index contributed by atoms with van der Waals surface area (Å²) in [5.41, 5.74) is 7.85. The lowest BCUT2D eigenvalue weighted by atomic mass is 10.2. The van der Waals surface area contributed by atoms with Crippen molar-refractivity contribution in [2.75, 3.05) is 50.7 Å². The number of amidine groups is 1. The molecule has 0 spiro atoms. The number of cyclic esters (lactones) is 1. The number of esters is 1. The van der Waals surface area contributed by atoms with Crippen LogP contribution in [0.5, 0.6) is 0 Å². The Morgan fingerprint density at radius 2 is 1.74 bits per heavy atom. The number of ether oxygens (including phenoxy) is 2. The van der Waals surface area contributed by atoms with E-state index in [0.717, 1.165) is 31.7 Å². The topological polar surface area (TPSA) is 121 Å². The van der Waals surface area contributed by atoms with Gasteiger partial charge >= 0.3 is 12.1 Å². The van der Waals surface area contributed by atoms with Crippen LogP contribution in [-0.2, 0) is 20.9 Å². The maximum atomic E-state index is 12.4. The van der Waals surface area contributed by atoms with Gasteiger partial charge in [-0.05, 0) is 29.8 Å². The van der Waals surface area contributed by atoms with E-state index in [1.54, 1.807) is 29.2 Å². The van der Waals surface area contributed by atoms with Gasteiger partial charge in [0.25, 0.3) is 0 Å². The summed E-state index contributed by atoms with van der Waals surface area (Å²) in [6, 6.07) is 16.6. The van der Waals surface area contributed by atoms with E-state index in [0.29, 0.717) is 43.9 Å². The van der Waals surface area contributed by atoms with Gasteiger partial charge in [0, 0.05) is 50.5 Å². The number of oxime groups is 1. The third-order valence-corrected chi connectivity index (χ3v) is 6.26. The molecule has 2 aliphatic heterocycles. The Labute approximate surface area is 204 Å². The second-order valence-corrected chi connectivity index (χ2v) is 8.69. The zero-order valence-corrected chi connectivity index (χ0v) is 19.6. The second-order valence-electron chi connectivity index (χ2n) is 8.69. The van der Waals surface area contributed by atoms with Crippen molar-refractivity contribution in [1.82, 2.24) is 9.80 Å². The molecule has 1 atom stereocenters. The summed E-state index contributed by atoms with van der Waals surface area (Å²) >= 11 is 0. The number of carbonyl (C=O) groups is 2. The molecule has 0 bridgehead atoms. The van der Waals surface area contributed by atoms with Gasteiger partial charge in [0.2, 0.25) is 0 Å². The minimum absolute atomic E-state index is 0.0154. The lowest BCUT2D eigenvalue weighted by Gasteiger charge is -2.35. The van der Waals surface area contributed by atoms with E-state index in [1.807, 2.05) is 30.3 Å². The smallest absolute Gasteiger partial charge is 0.414 e. The molecule has 0 unspecified atom stereocenters.